The Kier molecular flexibility index (Phi) is 9.89. The van der Waals surface area contributed by atoms with Gasteiger partial charge in [0.2, 0.25) is 0 Å². The lowest BCUT2D eigenvalue weighted by Crippen LogP contribution is -2.44. The van der Waals surface area contributed by atoms with Gasteiger partial charge in [-0.3, -0.25) is 9.89 Å². The SMILES string of the molecule is CN=C(NCc1ccc(COc2ccccc2)cc1)NC1CCN(CC(F)(F)F)C1.I. The second-order valence-corrected chi connectivity index (χ2v) is 7.32. The molecule has 5 nitrogen and oxygen atoms in total. The van der Waals surface area contributed by atoms with Gasteiger partial charge in [0.25, 0.3) is 0 Å². The second-order valence-electron chi connectivity index (χ2n) is 7.32. The number of alkyl halides is 3. The molecule has 0 amide bonds. The third kappa shape index (κ3) is 8.94. The summed E-state index contributed by atoms with van der Waals surface area (Å²) in [7, 11) is 1.65. The van der Waals surface area contributed by atoms with Gasteiger partial charge in [0, 0.05) is 32.7 Å². The van der Waals surface area contributed by atoms with Gasteiger partial charge in [-0.05, 0) is 29.7 Å². The van der Waals surface area contributed by atoms with Crippen molar-refractivity contribution in [3.63, 3.8) is 0 Å². The Hall–Kier alpha value is -2.01. The third-order valence-electron chi connectivity index (χ3n) is 4.87. The van der Waals surface area contributed by atoms with Crippen LogP contribution in [-0.4, -0.2) is 49.8 Å². The van der Waals surface area contributed by atoms with E-state index in [1.165, 1.54) is 4.90 Å². The van der Waals surface area contributed by atoms with Gasteiger partial charge in [-0.15, -0.1) is 24.0 Å². The van der Waals surface area contributed by atoms with E-state index in [0.29, 0.717) is 38.6 Å². The Morgan fingerprint density at radius 3 is 2.42 bits per heavy atom. The number of aliphatic imine (C=N–C) groups is 1. The van der Waals surface area contributed by atoms with E-state index in [-0.39, 0.29) is 30.0 Å². The molecule has 2 aromatic rings. The number of para-hydroxylation sites is 1. The predicted molar refractivity (Wildman–Crippen MR) is 127 cm³/mol. The second kappa shape index (κ2) is 12.1. The summed E-state index contributed by atoms with van der Waals surface area (Å²) < 4.78 is 43.3. The molecule has 0 radical (unpaired) electrons. The number of benzene rings is 2. The number of nitrogens with zero attached hydrogens (tertiary/aromatic N) is 2. The summed E-state index contributed by atoms with van der Waals surface area (Å²) in [4.78, 5) is 5.60. The van der Waals surface area contributed by atoms with Gasteiger partial charge in [-0.1, -0.05) is 42.5 Å². The highest BCUT2D eigenvalue weighted by molar-refractivity contribution is 14.0. The quantitative estimate of drug-likeness (QED) is 0.310. The number of ether oxygens (including phenoxy) is 1. The minimum atomic E-state index is -4.16. The lowest BCUT2D eigenvalue weighted by Gasteiger charge is -2.20. The van der Waals surface area contributed by atoms with Crippen molar-refractivity contribution in [1.29, 1.82) is 0 Å². The van der Waals surface area contributed by atoms with Crippen LogP contribution in [0.1, 0.15) is 17.5 Å². The largest absolute Gasteiger partial charge is 0.489 e. The van der Waals surface area contributed by atoms with Crippen LogP contribution >= 0.6 is 24.0 Å². The fourth-order valence-electron chi connectivity index (χ4n) is 3.36. The molecule has 9 heteroatoms. The maximum absolute atomic E-state index is 12.5. The van der Waals surface area contributed by atoms with Crippen LogP contribution in [0.15, 0.2) is 59.6 Å². The van der Waals surface area contributed by atoms with Crippen LogP contribution in [0, 0.1) is 0 Å². The van der Waals surface area contributed by atoms with Gasteiger partial charge in [0.05, 0.1) is 6.54 Å². The molecule has 1 aliphatic rings. The van der Waals surface area contributed by atoms with E-state index >= 15 is 0 Å². The first-order valence-electron chi connectivity index (χ1n) is 9.93. The van der Waals surface area contributed by atoms with Crippen molar-refractivity contribution in [2.75, 3.05) is 26.7 Å². The van der Waals surface area contributed by atoms with Gasteiger partial charge >= 0.3 is 6.18 Å². The van der Waals surface area contributed by atoms with E-state index in [2.05, 4.69) is 15.6 Å². The molecule has 0 bridgehead atoms. The number of likely N-dealkylation sites (tertiary alicyclic amines) is 1. The summed E-state index contributed by atoms with van der Waals surface area (Å²) in [6.45, 7) is 0.990. The lowest BCUT2D eigenvalue weighted by molar-refractivity contribution is -0.143. The normalized spacial score (nSPS) is 17.2. The first-order valence-corrected chi connectivity index (χ1v) is 9.93. The summed E-state index contributed by atoms with van der Waals surface area (Å²) in [6.07, 6.45) is -3.50. The molecule has 1 saturated heterocycles. The number of hydrogen-bond donors (Lipinski definition) is 2. The smallest absolute Gasteiger partial charge is 0.401 e. The standard InChI is InChI=1S/C22H27F3N4O.HI/c1-26-21(28-19-11-12-29(14-19)16-22(23,24)25)27-13-17-7-9-18(10-8-17)15-30-20-5-3-2-4-6-20;/h2-10,19H,11-16H2,1H3,(H2,26,27,28);1H. The van der Waals surface area contributed by atoms with Crippen LogP contribution in [0.4, 0.5) is 13.2 Å². The molecule has 31 heavy (non-hydrogen) atoms. The number of rotatable bonds is 7. The number of hydrogen-bond acceptors (Lipinski definition) is 3. The zero-order valence-corrected chi connectivity index (χ0v) is 19.7. The molecule has 0 aliphatic carbocycles. The highest BCUT2D eigenvalue weighted by Gasteiger charge is 2.34. The minimum Gasteiger partial charge on any atom is -0.489 e. The summed E-state index contributed by atoms with van der Waals surface area (Å²) in [5.74, 6) is 1.42. The van der Waals surface area contributed by atoms with Crippen molar-refractivity contribution in [2.45, 2.75) is 31.8 Å². The molecule has 1 fully saturated rings. The van der Waals surface area contributed by atoms with Crippen molar-refractivity contribution >= 4 is 29.9 Å². The lowest BCUT2D eigenvalue weighted by atomic mass is 10.1. The summed E-state index contributed by atoms with van der Waals surface area (Å²) in [5.41, 5.74) is 2.15. The average Bonchev–Trinajstić information content (AvgIpc) is 3.16. The van der Waals surface area contributed by atoms with E-state index < -0.39 is 12.7 Å². The molecule has 1 atom stereocenters. The molecule has 1 heterocycles. The minimum absolute atomic E-state index is 0. The van der Waals surface area contributed by atoms with Crippen molar-refractivity contribution in [2.24, 2.45) is 4.99 Å². The zero-order valence-electron chi connectivity index (χ0n) is 17.4. The van der Waals surface area contributed by atoms with Crippen molar-refractivity contribution < 1.29 is 17.9 Å². The van der Waals surface area contributed by atoms with E-state index in [1.807, 2.05) is 54.6 Å². The molecule has 170 valence electrons. The maximum Gasteiger partial charge on any atom is 0.401 e. The Balaban J connectivity index is 0.00000341. The van der Waals surface area contributed by atoms with Gasteiger partial charge in [0.1, 0.15) is 12.4 Å². The zero-order chi connectivity index (χ0) is 21.4. The summed E-state index contributed by atoms with van der Waals surface area (Å²) in [5, 5.41) is 6.43. The van der Waals surface area contributed by atoms with Gasteiger partial charge in [0.15, 0.2) is 5.96 Å². The van der Waals surface area contributed by atoms with Crippen LogP contribution in [0.3, 0.4) is 0 Å². The highest BCUT2D eigenvalue weighted by atomic mass is 127. The van der Waals surface area contributed by atoms with Crippen molar-refractivity contribution in [3.05, 3.63) is 65.7 Å². The molecule has 2 aromatic carbocycles. The van der Waals surface area contributed by atoms with Crippen LogP contribution in [0.2, 0.25) is 0 Å². The molecule has 3 rings (SSSR count). The maximum atomic E-state index is 12.5. The van der Waals surface area contributed by atoms with E-state index in [9.17, 15) is 13.2 Å². The average molecular weight is 548 g/mol. The topological polar surface area (TPSA) is 48.9 Å². The fraction of sp³-hybridized carbons (Fsp3) is 0.409. The highest BCUT2D eigenvalue weighted by Crippen LogP contribution is 2.20. The number of guanidine groups is 1. The predicted octanol–water partition coefficient (Wildman–Crippen LogP) is 4.19. The van der Waals surface area contributed by atoms with E-state index in [1.54, 1.807) is 7.05 Å². The molecule has 2 N–H and O–H groups in total. The van der Waals surface area contributed by atoms with Gasteiger partial charge < -0.3 is 15.4 Å². The van der Waals surface area contributed by atoms with Crippen molar-refractivity contribution in [1.82, 2.24) is 15.5 Å². The van der Waals surface area contributed by atoms with Crippen LogP contribution < -0.4 is 15.4 Å². The molecule has 0 aromatic heterocycles. The Morgan fingerprint density at radius 2 is 1.77 bits per heavy atom. The fourth-order valence-corrected chi connectivity index (χ4v) is 3.36. The Morgan fingerprint density at radius 1 is 1.10 bits per heavy atom. The molecular weight excluding hydrogens is 520 g/mol. The molecule has 1 aliphatic heterocycles. The van der Waals surface area contributed by atoms with Gasteiger partial charge in [-0.25, -0.2) is 0 Å². The summed E-state index contributed by atoms with van der Waals surface area (Å²) in [6, 6.07) is 17.7. The van der Waals surface area contributed by atoms with Crippen LogP contribution in [-0.2, 0) is 13.2 Å². The number of halogens is 4. The van der Waals surface area contributed by atoms with E-state index in [0.717, 1.165) is 16.9 Å². The Labute approximate surface area is 198 Å². The number of nitrogens with one attached hydrogen (secondary N) is 2. The van der Waals surface area contributed by atoms with Crippen LogP contribution in [0.25, 0.3) is 0 Å². The molecular formula is C22H28F3IN4O. The molecule has 1 unspecified atom stereocenters. The van der Waals surface area contributed by atoms with Crippen LogP contribution in [0.5, 0.6) is 5.75 Å². The molecule has 0 saturated carbocycles. The van der Waals surface area contributed by atoms with Crippen molar-refractivity contribution in [3.8, 4) is 5.75 Å². The van der Waals surface area contributed by atoms with E-state index in [4.69, 9.17) is 4.74 Å². The first-order chi connectivity index (χ1) is 14.4. The molecule has 0 spiro atoms. The third-order valence-corrected chi connectivity index (χ3v) is 4.87. The monoisotopic (exact) mass is 548 g/mol. The Bertz CT molecular complexity index is 816. The first kappa shape index (κ1) is 25.3. The van der Waals surface area contributed by atoms with Gasteiger partial charge in [-0.2, -0.15) is 13.2 Å². The summed E-state index contributed by atoms with van der Waals surface area (Å²) >= 11 is 0.